The number of carbonyl (C=O) groups is 2. The standard InChI is InChI=1S/C25H31N7O3S/c1-3-36-25-28-22(30-10-4-5-11-30)20-15-27-32(23(20)29-25)12-9-26-24(34)17-13-21(33)31(16-17)18-7-6-8-19(14-18)35-2/h6-8,14-15,17H,3-5,9-13,16H2,1-2H3,(H,26,34). The number of hydrogen-bond donors (Lipinski definition) is 1. The van der Waals surface area contributed by atoms with Gasteiger partial charge < -0.3 is 19.9 Å². The maximum absolute atomic E-state index is 12.9. The number of methoxy groups -OCH3 is 1. The summed E-state index contributed by atoms with van der Waals surface area (Å²) in [6.45, 7) is 5.32. The molecule has 11 heteroatoms. The van der Waals surface area contributed by atoms with Crippen LogP contribution >= 0.6 is 11.8 Å². The second-order valence-electron chi connectivity index (χ2n) is 8.96. The molecule has 0 radical (unpaired) electrons. The van der Waals surface area contributed by atoms with Gasteiger partial charge in [0.2, 0.25) is 11.8 Å². The molecule has 1 atom stereocenters. The van der Waals surface area contributed by atoms with Crippen LogP contribution in [0.5, 0.6) is 5.75 Å². The van der Waals surface area contributed by atoms with Crippen molar-refractivity contribution in [1.82, 2.24) is 25.1 Å². The van der Waals surface area contributed by atoms with Crippen molar-refractivity contribution < 1.29 is 14.3 Å². The van der Waals surface area contributed by atoms with E-state index in [1.54, 1.807) is 23.8 Å². The molecule has 1 unspecified atom stereocenters. The molecule has 2 fully saturated rings. The average Bonchev–Trinajstić information content (AvgIpc) is 3.64. The Morgan fingerprint density at radius 3 is 2.86 bits per heavy atom. The Hall–Kier alpha value is -3.34. The van der Waals surface area contributed by atoms with Gasteiger partial charge in [0.1, 0.15) is 11.6 Å². The first-order chi connectivity index (χ1) is 17.6. The van der Waals surface area contributed by atoms with Crippen LogP contribution in [0.1, 0.15) is 26.2 Å². The van der Waals surface area contributed by atoms with Crippen LogP contribution in [0.25, 0.3) is 11.0 Å². The van der Waals surface area contributed by atoms with Gasteiger partial charge in [0.05, 0.1) is 31.2 Å². The average molecular weight is 510 g/mol. The van der Waals surface area contributed by atoms with E-state index >= 15 is 0 Å². The summed E-state index contributed by atoms with van der Waals surface area (Å²) in [5, 5.41) is 9.24. The van der Waals surface area contributed by atoms with E-state index in [0.717, 1.165) is 46.5 Å². The molecule has 2 amide bonds. The molecule has 0 bridgehead atoms. The van der Waals surface area contributed by atoms with Crippen LogP contribution in [0.15, 0.2) is 35.6 Å². The third-order valence-corrected chi connectivity index (χ3v) is 7.35. The van der Waals surface area contributed by atoms with Crippen LogP contribution < -0.4 is 19.9 Å². The topological polar surface area (TPSA) is 105 Å². The van der Waals surface area contributed by atoms with Crippen molar-refractivity contribution in [2.24, 2.45) is 5.92 Å². The van der Waals surface area contributed by atoms with E-state index in [1.165, 1.54) is 12.8 Å². The van der Waals surface area contributed by atoms with E-state index in [4.69, 9.17) is 14.7 Å². The molecule has 2 aliphatic heterocycles. The number of nitrogens with one attached hydrogen (secondary N) is 1. The van der Waals surface area contributed by atoms with E-state index in [-0.39, 0.29) is 18.2 Å². The Morgan fingerprint density at radius 1 is 1.25 bits per heavy atom. The zero-order valence-corrected chi connectivity index (χ0v) is 21.5. The number of benzene rings is 1. The highest BCUT2D eigenvalue weighted by atomic mass is 32.2. The van der Waals surface area contributed by atoms with E-state index in [2.05, 4.69) is 22.2 Å². The highest BCUT2D eigenvalue weighted by Gasteiger charge is 2.35. The summed E-state index contributed by atoms with van der Waals surface area (Å²) < 4.78 is 7.09. The molecule has 2 saturated heterocycles. The number of nitrogens with zero attached hydrogens (tertiary/aromatic N) is 6. The Kier molecular flexibility index (Phi) is 7.26. The van der Waals surface area contributed by atoms with Crippen LogP contribution in [0.3, 0.4) is 0 Å². The van der Waals surface area contributed by atoms with Crippen molar-refractivity contribution in [1.29, 1.82) is 0 Å². The summed E-state index contributed by atoms with van der Waals surface area (Å²) in [6.07, 6.45) is 4.35. The van der Waals surface area contributed by atoms with Crippen molar-refractivity contribution in [3.05, 3.63) is 30.5 Å². The number of ether oxygens (including phenoxy) is 1. The first kappa shape index (κ1) is 24.4. The highest BCUT2D eigenvalue weighted by Crippen LogP contribution is 2.30. The normalized spacial score (nSPS) is 17.8. The molecule has 1 aromatic carbocycles. The van der Waals surface area contributed by atoms with Gasteiger partial charge in [-0.15, -0.1) is 0 Å². The Balaban J connectivity index is 1.24. The first-order valence-electron chi connectivity index (χ1n) is 12.4. The molecular formula is C25H31N7O3S. The van der Waals surface area contributed by atoms with E-state index in [0.29, 0.717) is 25.4 Å². The number of rotatable bonds is 9. The monoisotopic (exact) mass is 509 g/mol. The van der Waals surface area contributed by atoms with Gasteiger partial charge in [-0.05, 0) is 30.7 Å². The molecule has 36 heavy (non-hydrogen) atoms. The third kappa shape index (κ3) is 4.97. The summed E-state index contributed by atoms with van der Waals surface area (Å²) >= 11 is 1.62. The van der Waals surface area contributed by atoms with Crippen molar-refractivity contribution in [3.8, 4) is 5.75 Å². The maximum Gasteiger partial charge on any atom is 0.227 e. The van der Waals surface area contributed by atoms with Gasteiger partial charge in [-0.3, -0.25) is 9.59 Å². The molecule has 0 saturated carbocycles. The lowest BCUT2D eigenvalue weighted by atomic mass is 10.1. The van der Waals surface area contributed by atoms with Gasteiger partial charge in [0.25, 0.3) is 0 Å². The van der Waals surface area contributed by atoms with Gasteiger partial charge in [-0.25, -0.2) is 14.6 Å². The quantitative estimate of drug-likeness (QED) is 0.347. The van der Waals surface area contributed by atoms with Crippen molar-refractivity contribution in [2.75, 3.05) is 48.8 Å². The van der Waals surface area contributed by atoms with Crippen molar-refractivity contribution in [3.63, 3.8) is 0 Å². The second-order valence-corrected chi connectivity index (χ2v) is 10.2. The molecule has 3 aromatic rings. The van der Waals surface area contributed by atoms with Crippen molar-refractivity contribution in [2.45, 2.75) is 37.9 Å². The lowest BCUT2D eigenvalue weighted by molar-refractivity contribution is -0.126. The lowest BCUT2D eigenvalue weighted by Gasteiger charge is -2.18. The number of hydrogen-bond acceptors (Lipinski definition) is 8. The zero-order valence-electron chi connectivity index (χ0n) is 20.6. The molecule has 0 spiro atoms. The summed E-state index contributed by atoms with van der Waals surface area (Å²) in [7, 11) is 1.59. The van der Waals surface area contributed by atoms with Crippen LogP contribution in [0.2, 0.25) is 0 Å². The zero-order chi connectivity index (χ0) is 25.1. The van der Waals surface area contributed by atoms with Crippen LogP contribution in [0.4, 0.5) is 11.5 Å². The second kappa shape index (κ2) is 10.7. The maximum atomic E-state index is 12.9. The van der Waals surface area contributed by atoms with Crippen LogP contribution in [-0.4, -0.2) is 70.6 Å². The number of anilines is 2. The highest BCUT2D eigenvalue weighted by molar-refractivity contribution is 7.99. The number of amides is 2. The SMILES string of the molecule is CCSc1nc(N2CCCC2)c2cnn(CCNC(=O)C3CC(=O)N(c4cccc(OC)c4)C3)c2n1. The molecule has 190 valence electrons. The van der Waals surface area contributed by atoms with Gasteiger partial charge in [0, 0.05) is 44.4 Å². The summed E-state index contributed by atoms with van der Waals surface area (Å²) in [5.41, 5.74) is 1.53. The van der Waals surface area contributed by atoms with Gasteiger partial charge in [-0.2, -0.15) is 5.10 Å². The Labute approximate surface area is 214 Å². The molecule has 10 nitrogen and oxygen atoms in total. The number of thioether (sulfide) groups is 1. The van der Waals surface area contributed by atoms with Crippen molar-refractivity contribution >= 4 is 46.1 Å². The smallest absolute Gasteiger partial charge is 0.227 e. The van der Waals surface area contributed by atoms with Crippen LogP contribution in [-0.2, 0) is 16.1 Å². The molecular weight excluding hydrogens is 478 g/mol. The van der Waals surface area contributed by atoms with Gasteiger partial charge >= 0.3 is 0 Å². The number of carbonyl (C=O) groups excluding carboxylic acids is 2. The fourth-order valence-electron chi connectivity index (χ4n) is 4.79. The Morgan fingerprint density at radius 2 is 2.08 bits per heavy atom. The van der Waals surface area contributed by atoms with Gasteiger partial charge in [-0.1, -0.05) is 24.8 Å². The molecule has 1 N–H and O–H groups in total. The summed E-state index contributed by atoms with van der Waals surface area (Å²) in [5.74, 6) is 1.94. The molecule has 5 rings (SSSR count). The largest absolute Gasteiger partial charge is 0.497 e. The fourth-order valence-corrected chi connectivity index (χ4v) is 5.35. The molecule has 2 aromatic heterocycles. The lowest BCUT2D eigenvalue weighted by Crippen LogP contribution is -2.35. The number of aromatic nitrogens is 4. The van der Waals surface area contributed by atoms with Gasteiger partial charge in [0.15, 0.2) is 10.8 Å². The number of fused-ring (bicyclic) bond motifs is 1. The molecule has 4 heterocycles. The summed E-state index contributed by atoms with van der Waals surface area (Å²) in [4.78, 5) is 39.0. The minimum atomic E-state index is -0.394. The van der Waals surface area contributed by atoms with Crippen LogP contribution in [0, 0.1) is 5.92 Å². The van der Waals surface area contributed by atoms with E-state index < -0.39 is 5.92 Å². The minimum absolute atomic E-state index is 0.0615. The van der Waals surface area contributed by atoms with E-state index in [1.807, 2.05) is 35.1 Å². The predicted molar refractivity (Wildman–Crippen MR) is 140 cm³/mol. The predicted octanol–water partition coefficient (Wildman–Crippen LogP) is 2.72. The molecule has 0 aliphatic carbocycles. The fraction of sp³-hybridized carbons (Fsp3) is 0.480. The molecule has 2 aliphatic rings. The first-order valence-corrected chi connectivity index (χ1v) is 13.4. The summed E-state index contributed by atoms with van der Waals surface area (Å²) in [6, 6.07) is 7.33. The van der Waals surface area contributed by atoms with E-state index in [9.17, 15) is 9.59 Å². The minimum Gasteiger partial charge on any atom is -0.497 e. The third-order valence-electron chi connectivity index (χ3n) is 6.62. The Bertz CT molecular complexity index is 1260.